The van der Waals surface area contributed by atoms with Crippen LogP contribution in [0, 0.1) is 0 Å². The number of amides is 1. The number of ether oxygens (including phenoxy) is 3. The minimum Gasteiger partial charge on any atom is -0.481 e. The number of fused-ring (bicyclic) bond motifs is 1. The van der Waals surface area contributed by atoms with Crippen molar-refractivity contribution in [1.82, 2.24) is 34.4 Å². The number of anilines is 4. The van der Waals surface area contributed by atoms with E-state index in [1.165, 1.54) is 21.6 Å². The Morgan fingerprint density at radius 1 is 1.04 bits per heavy atom. The summed E-state index contributed by atoms with van der Waals surface area (Å²) >= 11 is 0. The molecule has 18 nitrogen and oxygen atoms in total. The number of carbonyl (C=O) groups is 1. The van der Waals surface area contributed by atoms with Crippen LogP contribution in [0.2, 0.25) is 0 Å². The van der Waals surface area contributed by atoms with Gasteiger partial charge in [-0.25, -0.2) is 28.8 Å². The molecule has 0 atom stereocenters. The van der Waals surface area contributed by atoms with Gasteiger partial charge in [-0.15, -0.1) is 0 Å². The second-order valence-electron chi connectivity index (χ2n) is 12.7. The fourth-order valence-corrected chi connectivity index (χ4v) is 6.75. The Bertz CT molecular complexity index is 1930. The molecule has 0 spiro atoms. The van der Waals surface area contributed by atoms with E-state index in [1.54, 1.807) is 44.2 Å². The van der Waals surface area contributed by atoms with Crippen LogP contribution in [0.1, 0.15) is 31.4 Å². The summed E-state index contributed by atoms with van der Waals surface area (Å²) < 4.78 is 46.6. The Kier molecular flexibility index (Phi) is 10.9. The van der Waals surface area contributed by atoms with E-state index in [-0.39, 0.29) is 37.2 Å². The summed E-state index contributed by atoms with van der Waals surface area (Å²) in [7, 11) is 1.24. The van der Waals surface area contributed by atoms with Crippen LogP contribution in [0.4, 0.5) is 23.4 Å². The summed E-state index contributed by atoms with van der Waals surface area (Å²) in [5.74, 6) is 2.00. The highest BCUT2D eigenvalue weighted by atomic mass is 32.2. The lowest BCUT2D eigenvalue weighted by Gasteiger charge is -2.31. The number of rotatable bonds is 13. The van der Waals surface area contributed by atoms with E-state index in [9.17, 15) is 18.4 Å². The molecule has 1 saturated heterocycles. The first-order valence-corrected chi connectivity index (χ1v) is 18.4. The number of carbonyl (C=O) groups excluding carboxylic acids is 1. The van der Waals surface area contributed by atoms with E-state index in [4.69, 9.17) is 24.2 Å². The van der Waals surface area contributed by atoms with E-state index in [1.807, 2.05) is 11.5 Å². The summed E-state index contributed by atoms with van der Waals surface area (Å²) in [4.78, 5) is 37.8. The zero-order valence-electron chi connectivity index (χ0n) is 29.0. The molecular weight excluding hydrogens is 682 g/mol. The quantitative estimate of drug-likeness (QED) is 0.169. The summed E-state index contributed by atoms with van der Waals surface area (Å²) in [6, 6.07) is 3.76. The van der Waals surface area contributed by atoms with Gasteiger partial charge in [0.05, 0.1) is 73.1 Å². The Morgan fingerprint density at radius 3 is 2.41 bits per heavy atom. The highest BCUT2D eigenvalue weighted by Gasteiger charge is 2.27. The van der Waals surface area contributed by atoms with E-state index in [0.717, 1.165) is 31.9 Å². The van der Waals surface area contributed by atoms with Gasteiger partial charge in [-0.2, -0.15) is 4.98 Å². The summed E-state index contributed by atoms with van der Waals surface area (Å²) in [5.41, 5.74) is 3.51. The maximum Gasteiger partial charge on any atom is 0.259 e. The van der Waals surface area contributed by atoms with Crippen LogP contribution in [-0.4, -0.2) is 119 Å². The Hall–Kier alpha value is -5.01. The molecule has 51 heavy (non-hydrogen) atoms. The highest BCUT2D eigenvalue weighted by Crippen LogP contribution is 2.34. The number of imidazole rings is 1. The van der Waals surface area contributed by atoms with Crippen molar-refractivity contribution in [1.29, 1.82) is 0 Å². The number of nitrogens with one attached hydrogen (secondary N) is 2. The zero-order chi connectivity index (χ0) is 36.1. The lowest BCUT2D eigenvalue weighted by molar-refractivity contribution is -0.130. The van der Waals surface area contributed by atoms with Crippen molar-refractivity contribution in [3.05, 3.63) is 42.6 Å². The van der Waals surface area contributed by atoms with Crippen LogP contribution >= 0.6 is 0 Å². The predicted molar refractivity (Wildman–Crippen MR) is 189 cm³/mol. The number of nitrogens with zero attached hydrogens (tertiary/aromatic N) is 9. The van der Waals surface area contributed by atoms with Crippen LogP contribution in [0.5, 0.6) is 11.6 Å². The van der Waals surface area contributed by atoms with Crippen LogP contribution in [-0.2, 0) is 33.1 Å². The van der Waals surface area contributed by atoms with Gasteiger partial charge in [0.2, 0.25) is 27.8 Å². The van der Waals surface area contributed by atoms with Crippen molar-refractivity contribution < 1.29 is 32.6 Å². The normalized spacial score (nSPS) is 17.9. The predicted octanol–water partition coefficient (Wildman–Crippen LogP) is 2.03. The summed E-state index contributed by atoms with van der Waals surface area (Å²) in [5, 5.41) is 13.3. The fraction of sp³-hybridized carbons (Fsp3) is 0.500. The summed E-state index contributed by atoms with van der Waals surface area (Å²) in [6.07, 6.45) is 10.2. The van der Waals surface area contributed by atoms with E-state index in [0.29, 0.717) is 72.0 Å². The van der Waals surface area contributed by atoms with Gasteiger partial charge in [0, 0.05) is 46.3 Å². The standard InChI is InChI=1S/C32H43N11O7S/c1-40(2)29(44)20-49-25-17-34-31(35-18-25)37-21-5-7-24(8-6-21)50-30-26-13-22(15-33-27(26)14-28(38-30)42-9-11-48-12-10-42)43(51(4,46)47)19-23-16-36-32(39-45)41(23)3/h13-18,21,24,45H,5-12,19-20H2,1-4H3,(H,36,39)(H,34,35,37). The molecule has 2 aliphatic rings. The number of sulfonamides is 1. The Morgan fingerprint density at radius 2 is 1.76 bits per heavy atom. The molecule has 4 aromatic rings. The van der Waals surface area contributed by atoms with Crippen LogP contribution in [0.15, 0.2) is 36.9 Å². The van der Waals surface area contributed by atoms with Gasteiger partial charge in [0.25, 0.3) is 5.91 Å². The number of hydrogen-bond donors (Lipinski definition) is 3. The first-order valence-electron chi connectivity index (χ1n) is 16.6. The SMILES string of the molecule is CN(C)C(=O)COc1cnc(NC2CCC(Oc3nc(N4CCOCC4)cc4ncc(N(Cc5cnc(NO)n5C)S(C)(=O)=O)cc34)CC2)nc1. The molecular formula is C32H43N11O7S. The van der Waals surface area contributed by atoms with E-state index >= 15 is 0 Å². The topological polar surface area (TPSA) is 202 Å². The number of aromatic nitrogens is 6. The van der Waals surface area contributed by atoms with Gasteiger partial charge in [0.15, 0.2) is 12.4 Å². The minimum atomic E-state index is -3.76. The van der Waals surface area contributed by atoms with E-state index in [2.05, 4.69) is 25.2 Å². The number of hydrogen-bond acceptors (Lipinski definition) is 15. The van der Waals surface area contributed by atoms with Crippen molar-refractivity contribution in [2.75, 3.05) is 73.3 Å². The van der Waals surface area contributed by atoms with Gasteiger partial charge in [0.1, 0.15) is 11.9 Å². The summed E-state index contributed by atoms with van der Waals surface area (Å²) in [6.45, 7) is 2.38. The van der Waals surface area contributed by atoms with Gasteiger partial charge in [-0.3, -0.25) is 19.3 Å². The maximum atomic E-state index is 13.1. The molecule has 2 fully saturated rings. The van der Waals surface area contributed by atoms with Crippen LogP contribution in [0.25, 0.3) is 10.9 Å². The van der Waals surface area contributed by atoms with Gasteiger partial charge >= 0.3 is 0 Å². The van der Waals surface area contributed by atoms with Crippen molar-refractivity contribution in [3.63, 3.8) is 0 Å². The van der Waals surface area contributed by atoms with Gasteiger partial charge < -0.3 is 33.9 Å². The van der Waals surface area contributed by atoms with Crippen molar-refractivity contribution in [3.8, 4) is 11.6 Å². The third kappa shape index (κ3) is 8.66. The molecule has 1 saturated carbocycles. The molecule has 0 radical (unpaired) electrons. The smallest absolute Gasteiger partial charge is 0.259 e. The third-order valence-corrected chi connectivity index (χ3v) is 10.0. The molecule has 0 aromatic carbocycles. The number of morpholine rings is 1. The monoisotopic (exact) mass is 725 g/mol. The first-order chi connectivity index (χ1) is 24.5. The molecule has 1 aliphatic carbocycles. The highest BCUT2D eigenvalue weighted by molar-refractivity contribution is 7.92. The molecule has 0 bridgehead atoms. The van der Waals surface area contributed by atoms with Crippen molar-refractivity contribution in [2.24, 2.45) is 7.05 Å². The second-order valence-corrected chi connectivity index (χ2v) is 14.6. The van der Waals surface area contributed by atoms with Crippen LogP contribution < -0.4 is 29.5 Å². The molecule has 19 heteroatoms. The molecule has 0 unspecified atom stereocenters. The number of pyridine rings is 2. The van der Waals surface area contributed by atoms with Gasteiger partial charge in [-0.1, -0.05) is 0 Å². The Labute approximate surface area is 295 Å². The van der Waals surface area contributed by atoms with Crippen LogP contribution in [0.3, 0.4) is 0 Å². The van der Waals surface area contributed by atoms with Gasteiger partial charge in [-0.05, 0) is 31.7 Å². The molecule has 1 amide bonds. The number of likely N-dealkylation sites (N-methyl/N-ethyl adjacent to an activating group) is 1. The zero-order valence-corrected chi connectivity index (χ0v) is 29.8. The Balaban J connectivity index is 1.19. The molecule has 3 N–H and O–H groups in total. The lowest BCUT2D eigenvalue weighted by Crippen LogP contribution is -2.37. The van der Waals surface area contributed by atoms with E-state index < -0.39 is 10.0 Å². The molecule has 6 rings (SSSR count). The largest absolute Gasteiger partial charge is 0.481 e. The molecule has 1 aliphatic heterocycles. The first kappa shape index (κ1) is 35.8. The average molecular weight is 726 g/mol. The average Bonchev–Trinajstić information content (AvgIpc) is 3.49. The third-order valence-electron chi connectivity index (χ3n) is 8.90. The lowest BCUT2D eigenvalue weighted by atomic mass is 9.93. The maximum absolute atomic E-state index is 13.1. The molecule has 4 aromatic heterocycles. The molecule has 5 heterocycles. The van der Waals surface area contributed by atoms with Crippen molar-refractivity contribution >= 4 is 50.2 Å². The second kappa shape index (κ2) is 15.5. The minimum absolute atomic E-state index is 0.0424. The fourth-order valence-electron chi connectivity index (χ4n) is 5.90. The molecule has 274 valence electrons. The van der Waals surface area contributed by atoms with Crippen molar-refractivity contribution in [2.45, 2.75) is 44.4 Å².